The second-order valence-electron chi connectivity index (χ2n) is 6.24. The molecular weight excluding hydrogens is 304 g/mol. The fourth-order valence-corrected chi connectivity index (χ4v) is 2.76. The van der Waals surface area contributed by atoms with Gasteiger partial charge in [-0.1, -0.05) is 0 Å². The molecular formula is C19H24N2O3. The van der Waals surface area contributed by atoms with Crippen LogP contribution < -0.4 is 0 Å². The van der Waals surface area contributed by atoms with Gasteiger partial charge in [-0.3, -0.25) is 0 Å². The zero-order valence-electron chi connectivity index (χ0n) is 14.0. The van der Waals surface area contributed by atoms with E-state index in [1.54, 1.807) is 12.1 Å². The largest absolute Gasteiger partial charge is 0.508 e. The zero-order valence-corrected chi connectivity index (χ0v) is 14.0. The maximum atomic E-state index is 9.33. The Labute approximate surface area is 142 Å². The molecule has 1 N–H and O–H groups in total. The van der Waals surface area contributed by atoms with Crippen molar-refractivity contribution in [1.29, 1.82) is 0 Å². The number of aryl methyl sites for hydroxylation is 1. The van der Waals surface area contributed by atoms with Gasteiger partial charge in [0.25, 0.3) is 0 Å². The van der Waals surface area contributed by atoms with E-state index < -0.39 is 0 Å². The number of hydrogen-bond donors (Lipinski definition) is 1. The van der Waals surface area contributed by atoms with Gasteiger partial charge in [-0.25, -0.2) is 9.97 Å². The fraction of sp³-hybridized carbons (Fsp3) is 0.474. The van der Waals surface area contributed by atoms with Crippen LogP contribution in [0, 0.1) is 0 Å². The molecule has 2 heterocycles. The number of ether oxygens (including phenoxy) is 2. The molecule has 5 heteroatoms. The Morgan fingerprint density at radius 3 is 2.62 bits per heavy atom. The lowest BCUT2D eigenvalue weighted by molar-refractivity contribution is -0.185. The summed E-state index contributed by atoms with van der Waals surface area (Å²) in [6, 6.07) is 6.90. The molecule has 1 aromatic heterocycles. The van der Waals surface area contributed by atoms with E-state index in [4.69, 9.17) is 9.47 Å². The molecule has 1 fully saturated rings. The van der Waals surface area contributed by atoms with Gasteiger partial charge in [0.15, 0.2) is 12.1 Å². The molecule has 0 radical (unpaired) electrons. The summed E-state index contributed by atoms with van der Waals surface area (Å²) in [7, 11) is 0. The first-order valence-corrected chi connectivity index (χ1v) is 8.58. The second kappa shape index (κ2) is 8.22. The maximum Gasteiger partial charge on any atom is 0.159 e. The minimum atomic E-state index is -0.0399. The summed E-state index contributed by atoms with van der Waals surface area (Å²) in [6.07, 6.45) is 8.95. The predicted octanol–water partition coefficient (Wildman–Crippen LogP) is 3.71. The summed E-state index contributed by atoms with van der Waals surface area (Å²) in [4.78, 5) is 8.83. The molecule has 2 atom stereocenters. The summed E-state index contributed by atoms with van der Waals surface area (Å²) in [5.41, 5.74) is 1.99. The lowest BCUT2D eigenvalue weighted by Gasteiger charge is -2.26. The Bertz CT molecular complexity index is 622. The first-order valence-electron chi connectivity index (χ1n) is 8.58. The van der Waals surface area contributed by atoms with Gasteiger partial charge in [0, 0.05) is 24.6 Å². The highest BCUT2D eigenvalue weighted by molar-refractivity contribution is 5.55. The van der Waals surface area contributed by atoms with Crippen molar-refractivity contribution in [3.63, 3.8) is 0 Å². The molecule has 2 unspecified atom stereocenters. The Kier molecular flexibility index (Phi) is 5.77. The number of aromatic nitrogens is 2. The van der Waals surface area contributed by atoms with Crippen LogP contribution in [0.5, 0.6) is 5.75 Å². The highest BCUT2D eigenvalue weighted by Crippen LogP contribution is 2.19. The topological polar surface area (TPSA) is 64.5 Å². The molecule has 0 spiro atoms. The van der Waals surface area contributed by atoms with Crippen LogP contribution in [0.1, 0.15) is 38.2 Å². The monoisotopic (exact) mass is 328 g/mol. The molecule has 0 saturated carbocycles. The van der Waals surface area contributed by atoms with Crippen LogP contribution in [0.25, 0.3) is 11.4 Å². The quantitative estimate of drug-likeness (QED) is 0.875. The van der Waals surface area contributed by atoms with Gasteiger partial charge < -0.3 is 14.6 Å². The molecule has 5 nitrogen and oxygen atoms in total. The van der Waals surface area contributed by atoms with Crippen LogP contribution in [-0.4, -0.2) is 34.1 Å². The van der Waals surface area contributed by atoms with Crippen molar-refractivity contribution in [2.24, 2.45) is 0 Å². The minimum absolute atomic E-state index is 0.0399. The van der Waals surface area contributed by atoms with Gasteiger partial charge in [0.1, 0.15) is 5.75 Å². The number of hydrogen-bond acceptors (Lipinski definition) is 5. The molecule has 1 saturated heterocycles. The molecule has 128 valence electrons. The van der Waals surface area contributed by atoms with Gasteiger partial charge in [0.05, 0.1) is 6.10 Å². The van der Waals surface area contributed by atoms with Crippen molar-refractivity contribution in [3.05, 3.63) is 42.2 Å². The highest BCUT2D eigenvalue weighted by atomic mass is 16.7. The van der Waals surface area contributed by atoms with E-state index in [1.807, 2.05) is 24.5 Å². The molecule has 24 heavy (non-hydrogen) atoms. The number of benzene rings is 1. The summed E-state index contributed by atoms with van der Waals surface area (Å²) in [5.74, 6) is 0.907. The Morgan fingerprint density at radius 2 is 1.96 bits per heavy atom. The highest BCUT2D eigenvalue weighted by Gasteiger charge is 2.17. The van der Waals surface area contributed by atoms with Gasteiger partial charge in [-0.2, -0.15) is 0 Å². The fourth-order valence-electron chi connectivity index (χ4n) is 2.76. The second-order valence-corrected chi connectivity index (χ2v) is 6.24. The smallest absolute Gasteiger partial charge is 0.159 e. The van der Waals surface area contributed by atoms with E-state index in [-0.39, 0.29) is 18.1 Å². The average molecular weight is 328 g/mol. The van der Waals surface area contributed by atoms with Crippen LogP contribution >= 0.6 is 0 Å². The van der Waals surface area contributed by atoms with Crippen LogP contribution in [0.2, 0.25) is 0 Å². The molecule has 0 bridgehead atoms. The maximum absolute atomic E-state index is 9.33. The van der Waals surface area contributed by atoms with E-state index in [1.165, 1.54) is 6.42 Å². The molecule has 0 amide bonds. The van der Waals surface area contributed by atoms with Gasteiger partial charge in [-0.05, 0) is 68.9 Å². The van der Waals surface area contributed by atoms with E-state index in [0.29, 0.717) is 5.82 Å². The third-order valence-electron chi connectivity index (χ3n) is 4.19. The van der Waals surface area contributed by atoms with E-state index >= 15 is 0 Å². The standard InChI is InChI=1S/C19H24N2O3/c1-14(24-18-4-2-3-11-23-18)5-6-15-12-20-19(21-13-15)16-7-9-17(22)10-8-16/h7-10,12-14,18,22H,2-6,11H2,1H3. The van der Waals surface area contributed by atoms with Crippen molar-refractivity contribution < 1.29 is 14.6 Å². The van der Waals surface area contributed by atoms with Crippen molar-refractivity contribution >= 4 is 0 Å². The molecule has 1 aliphatic rings. The van der Waals surface area contributed by atoms with Crippen LogP contribution in [0.3, 0.4) is 0 Å². The third kappa shape index (κ3) is 4.76. The van der Waals surface area contributed by atoms with E-state index in [2.05, 4.69) is 16.9 Å². The van der Waals surface area contributed by atoms with Crippen molar-refractivity contribution in [2.75, 3.05) is 6.61 Å². The summed E-state index contributed by atoms with van der Waals surface area (Å²) in [6.45, 7) is 2.90. The lowest BCUT2D eigenvalue weighted by atomic mass is 10.1. The van der Waals surface area contributed by atoms with Crippen LogP contribution in [-0.2, 0) is 15.9 Å². The first kappa shape index (κ1) is 16.9. The molecule has 0 aliphatic carbocycles. The number of phenolic OH excluding ortho intramolecular Hbond substituents is 1. The van der Waals surface area contributed by atoms with Crippen LogP contribution in [0.4, 0.5) is 0 Å². The van der Waals surface area contributed by atoms with Crippen molar-refractivity contribution in [3.8, 4) is 17.1 Å². The van der Waals surface area contributed by atoms with E-state index in [0.717, 1.165) is 43.4 Å². The molecule has 1 aromatic carbocycles. The molecule has 3 rings (SSSR count). The van der Waals surface area contributed by atoms with Crippen LogP contribution in [0.15, 0.2) is 36.7 Å². The Morgan fingerprint density at radius 1 is 1.21 bits per heavy atom. The number of aromatic hydroxyl groups is 1. The SMILES string of the molecule is CC(CCc1cnc(-c2ccc(O)cc2)nc1)OC1CCCCO1. The zero-order chi connectivity index (χ0) is 16.8. The number of rotatable bonds is 6. The Balaban J connectivity index is 1.49. The molecule has 1 aliphatic heterocycles. The number of nitrogens with zero attached hydrogens (tertiary/aromatic N) is 2. The third-order valence-corrected chi connectivity index (χ3v) is 4.19. The predicted molar refractivity (Wildman–Crippen MR) is 91.6 cm³/mol. The molecule has 2 aromatic rings. The lowest BCUT2D eigenvalue weighted by Crippen LogP contribution is -2.26. The van der Waals surface area contributed by atoms with E-state index in [9.17, 15) is 5.11 Å². The van der Waals surface area contributed by atoms with Gasteiger partial charge in [-0.15, -0.1) is 0 Å². The normalized spacial score (nSPS) is 19.1. The summed E-state index contributed by atoms with van der Waals surface area (Å²) in [5, 5.41) is 9.33. The minimum Gasteiger partial charge on any atom is -0.508 e. The number of phenols is 1. The first-order chi connectivity index (χ1) is 11.7. The van der Waals surface area contributed by atoms with Gasteiger partial charge >= 0.3 is 0 Å². The Hall–Kier alpha value is -1.98. The van der Waals surface area contributed by atoms with Crippen molar-refractivity contribution in [2.45, 2.75) is 51.4 Å². The summed E-state index contributed by atoms with van der Waals surface area (Å²) < 4.78 is 11.5. The van der Waals surface area contributed by atoms with Crippen molar-refractivity contribution in [1.82, 2.24) is 9.97 Å². The average Bonchev–Trinajstić information content (AvgIpc) is 2.62. The van der Waals surface area contributed by atoms with Gasteiger partial charge in [0.2, 0.25) is 0 Å². The summed E-state index contributed by atoms with van der Waals surface area (Å²) >= 11 is 0.